The minimum atomic E-state index is -0.0304. The van der Waals surface area contributed by atoms with Crippen LogP contribution in [0.3, 0.4) is 0 Å². The molecule has 0 spiro atoms. The predicted octanol–water partition coefficient (Wildman–Crippen LogP) is 4.44. The van der Waals surface area contributed by atoms with Crippen LogP contribution in [0.5, 0.6) is 0 Å². The molecule has 1 aromatic rings. The number of hydrogen-bond acceptors (Lipinski definition) is 2. The third-order valence-corrected chi connectivity index (χ3v) is 4.75. The Hall–Kier alpha value is -1.44. The van der Waals surface area contributed by atoms with E-state index in [1.165, 1.54) is 25.0 Å². The highest BCUT2D eigenvalue weighted by molar-refractivity contribution is 6.07. The van der Waals surface area contributed by atoms with Gasteiger partial charge in [0.15, 0.2) is 11.6 Å². The molecule has 0 bridgehead atoms. The monoisotopic (exact) mass is 272 g/mol. The lowest BCUT2D eigenvalue weighted by molar-refractivity contribution is 0.0980. The second kappa shape index (κ2) is 4.54. The van der Waals surface area contributed by atoms with Crippen LogP contribution in [-0.4, -0.2) is 11.6 Å². The average Bonchev–Trinajstić information content (AvgIpc) is 2.33. The van der Waals surface area contributed by atoms with Crippen molar-refractivity contribution < 1.29 is 9.59 Å². The van der Waals surface area contributed by atoms with Crippen molar-refractivity contribution in [3.8, 4) is 0 Å². The normalized spacial score (nSPS) is 19.3. The number of benzene rings is 1. The van der Waals surface area contributed by atoms with Crippen LogP contribution >= 0.6 is 0 Å². The molecule has 20 heavy (non-hydrogen) atoms. The van der Waals surface area contributed by atoms with Gasteiger partial charge in [-0.2, -0.15) is 0 Å². The zero-order valence-electron chi connectivity index (χ0n) is 13.4. The standard InChI is InChI=1S/C18H24O2/c1-11(19)13-9-15-16(10-14(13)12(2)20)18(5,6)8-7-17(15,3)4/h9-10H,7-8H2,1-6H3. The summed E-state index contributed by atoms with van der Waals surface area (Å²) >= 11 is 0. The Kier molecular flexibility index (Phi) is 3.40. The molecule has 0 radical (unpaired) electrons. The molecule has 0 heterocycles. The van der Waals surface area contributed by atoms with Crippen molar-refractivity contribution in [1.82, 2.24) is 0 Å². The van der Waals surface area contributed by atoms with Gasteiger partial charge in [-0.25, -0.2) is 0 Å². The Morgan fingerprint density at radius 2 is 1.10 bits per heavy atom. The summed E-state index contributed by atoms with van der Waals surface area (Å²) in [5.41, 5.74) is 3.71. The molecule has 1 aliphatic rings. The van der Waals surface area contributed by atoms with E-state index in [4.69, 9.17) is 0 Å². The van der Waals surface area contributed by atoms with Crippen LogP contribution in [0.2, 0.25) is 0 Å². The van der Waals surface area contributed by atoms with Gasteiger partial charge in [-0.1, -0.05) is 27.7 Å². The molecule has 2 heteroatoms. The lowest BCUT2D eigenvalue weighted by Gasteiger charge is -2.42. The summed E-state index contributed by atoms with van der Waals surface area (Å²) < 4.78 is 0. The smallest absolute Gasteiger partial charge is 0.160 e. The topological polar surface area (TPSA) is 34.1 Å². The third-order valence-electron chi connectivity index (χ3n) is 4.75. The van der Waals surface area contributed by atoms with Crippen LogP contribution in [-0.2, 0) is 10.8 Å². The Morgan fingerprint density at radius 3 is 1.35 bits per heavy atom. The Bertz CT molecular complexity index is 539. The van der Waals surface area contributed by atoms with E-state index in [1.54, 1.807) is 0 Å². The van der Waals surface area contributed by atoms with Crippen molar-refractivity contribution in [3.05, 3.63) is 34.4 Å². The maximum absolute atomic E-state index is 11.9. The van der Waals surface area contributed by atoms with Crippen molar-refractivity contribution in [3.63, 3.8) is 0 Å². The van der Waals surface area contributed by atoms with E-state index in [1.807, 2.05) is 12.1 Å². The van der Waals surface area contributed by atoms with Gasteiger partial charge in [0.05, 0.1) is 0 Å². The van der Waals surface area contributed by atoms with Gasteiger partial charge in [0, 0.05) is 11.1 Å². The highest BCUT2D eigenvalue weighted by Crippen LogP contribution is 2.46. The number of Topliss-reactive ketones (excluding diaryl/α,β-unsaturated/α-hetero) is 2. The quantitative estimate of drug-likeness (QED) is 0.746. The Morgan fingerprint density at radius 1 is 0.800 bits per heavy atom. The van der Waals surface area contributed by atoms with Gasteiger partial charge >= 0.3 is 0 Å². The molecule has 0 aromatic heterocycles. The first-order valence-corrected chi connectivity index (χ1v) is 7.27. The second-order valence-electron chi connectivity index (χ2n) is 7.32. The fourth-order valence-electron chi connectivity index (χ4n) is 3.20. The second-order valence-corrected chi connectivity index (χ2v) is 7.32. The van der Waals surface area contributed by atoms with Crippen LogP contribution in [0.25, 0.3) is 0 Å². The van der Waals surface area contributed by atoms with Crippen LogP contribution in [0.15, 0.2) is 12.1 Å². The maximum Gasteiger partial charge on any atom is 0.160 e. The van der Waals surface area contributed by atoms with Gasteiger partial charge in [-0.05, 0) is 60.8 Å². The number of fused-ring (bicyclic) bond motifs is 1. The molecule has 0 saturated carbocycles. The van der Waals surface area contributed by atoms with E-state index in [0.717, 1.165) is 12.8 Å². The largest absolute Gasteiger partial charge is 0.294 e. The molecule has 0 fully saturated rings. The molecule has 1 aliphatic carbocycles. The number of rotatable bonds is 2. The lowest BCUT2D eigenvalue weighted by Crippen LogP contribution is -2.34. The zero-order valence-corrected chi connectivity index (χ0v) is 13.4. The lowest BCUT2D eigenvalue weighted by atomic mass is 9.62. The highest BCUT2D eigenvalue weighted by Gasteiger charge is 2.38. The van der Waals surface area contributed by atoms with Crippen molar-refractivity contribution in [2.75, 3.05) is 0 Å². The van der Waals surface area contributed by atoms with Crippen molar-refractivity contribution >= 4 is 11.6 Å². The molecule has 0 amide bonds. The van der Waals surface area contributed by atoms with Crippen LogP contribution in [0.4, 0.5) is 0 Å². The predicted molar refractivity (Wildman–Crippen MR) is 81.7 cm³/mol. The third kappa shape index (κ3) is 2.32. The molecule has 108 valence electrons. The van der Waals surface area contributed by atoms with Crippen molar-refractivity contribution in [2.45, 2.75) is 65.2 Å². The molecule has 0 N–H and O–H groups in total. The number of hydrogen-bond donors (Lipinski definition) is 0. The van der Waals surface area contributed by atoms with Gasteiger partial charge in [0.25, 0.3) is 0 Å². The molecule has 1 aromatic carbocycles. The van der Waals surface area contributed by atoms with Crippen LogP contribution < -0.4 is 0 Å². The van der Waals surface area contributed by atoms with E-state index in [9.17, 15) is 9.59 Å². The minimum Gasteiger partial charge on any atom is -0.294 e. The minimum absolute atomic E-state index is 0.0304. The van der Waals surface area contributed by atoms with E-state index in [-0.39, 0.29) is 22.4 Å². The first-order valence-electron chi connectivity index (χ1n) is 7.27. The fourth-order valence-corrected chi connectivity index (χ4v) is 3.20. The number of ketones is 2. The molecule has 2 nitrogen and oxygen atoms in total. The molecule has 0 unspecified atom stereocenters. The summed E-state index contributed by atoms with van der Waals surface area (Å²) in [7, 11) is 0. The van der Waals surface area contributed by atoms with Crippen molar-refractivity contribution in [1.29, 1.82) is 0 Å². The Labute approximate surface area is 121 Å². The van der Waals surface area contributed by atoms with Gasteiger partial charge < -0.3 is 0 Å². The summed E-state index contributed by atoms with van der Waals surface area (Å²) in [5.74, 6) is -0.0608. The average molecular weight is 272 g/mol. The van der Waals surface area contributed by atoms with E-state index in [0.29, 0.717) is 11.1 Å². The SMILES string of the molecule is CC(=O)c1cc2c(cc1C(C)=O)C(C)(C)CCC2(C)C. The summed E-state index contributed by atoms with van der Waals surface area (Å²) in [6, 6.07) is 3.94. The molecular weight excluding hydrogens is 248 g/mol. The zero-order chi connectivity index (χ0) is 15.3. The summed E-state index contributed by atoms with van der Waals surface area (Å²) in [6.45, 7) is 12.0. The maximum atomic E-state index is 11.9. The number of carbonyl (C=O) groups is 2. The van der Waals surface area contributed by atoms with E-state index >= 15 is 0 Å². The van der Waals surface area contributed by atoms with Gasteiger partial charge in [0.1, 0.15) is 0 Å². The van der Waals surface area contributed by atoms with Gasteiger partial charge in [-0.15, -0.1) is 0 Å². The summed E-state index contributed by atoms with van der Waals surface area (Å²) in [5, 5.41) is 0. The fraction of sp³-hybridized carbons (Fsp3) is 0.556. The van der Waals surface area contributed by atoms with Crippen LogP contribution in [0, 0.1) is 0 Å². The summed E-state index contributed by atoms with van der Waals surface area (Å²) in [4.78, 5) is 23.8. The Balaban J connectivity index is 2.81. The van der Waals surface area contributed by atoms with Gasteiger partial charge in [0.2, 0.25) is 0 Å². The molecule has 0 saturated heterocycles. The first kappa shape index (κ1) is 15.0. The summed E-state index contributed by atoms with van der Waals surface area (Å²) in [6.07, 6.45) is 2.20. The van der Waals surface area contributed by atoms with Crippen LogP contribution in [0.1, 0.15) is 86.2 Å². The molecule has 2 rings (SSSR count). The number of carbonyl (C=O) groups excluding carboxylic acids is 2. The van der Waals surface area contributed by atoms with Gasteiger partial charge in [-0.3, -0.25) is 9.59 Å². The van der Waals surface area contributed by atoms with E-state index in [2.05, 4.69) is 27.7 Å². The molecule has 0 aliphatic heterocycles. The first-order chi connectivity index (χ1) is 9.06. The highest BCUT2D eigenvalue weighted by atomic mass is 16.1. The molecule has 0 atom stereocenters. The van der Waals surface area contributed by atoms with Crippen molar-refractivity contribution in [2.24, 2.45) is 0 Å². The molecular formula is C18H24O2. The van der Waals surface area contributed by atoms with E-state index < -0.39 is 0 Å².